The minimum absolute atomic E-state index is 0.109. The highest BCUT2D eigenvalue weighted by Crippen LogP contribution is 2.11. The Morgan fingerprint density at radius 1 is 1.29 bits per heavy atom. The lowest BCUT2D eigenvalue weighted by molar-refractivity contribution is -0.128. The first-order valence-corrected chi connectivity index (χ1v) is 6.28. The third-order valence-corrected chi connectivity index (χ3v) is 2.57. The zero-order valence-electron chi connectivity index (χ0n) is 11.7. The Kier molecular flexibility index (Phi) is 7.65. The molecule has 1 N–H and O–H groups in total. The van der Waals surface area contributed by atoms with Crippen molar-refractivity contribution in [2.45, 2.75) is 40.0 Å². The highest BCUT2D eigenvalue weighted by atomic mass is 16.2. The first-order valence-electron chi connectivity index (χ1n) is 6.28. The lowest BCUT2D eigenvalue weighted by Crippen LogP contribution is -2.39. The number of hydrogen-bond donors (Lipinski definition) is 1. The molecule has 17 heavy (non-hydrogen) atoms. The summed E-state index contributed by atoms with van der Waals surface area (Å²) < 4.78 is 0. The van der Waals surface area contributed by atoms with E-state index in [9.17, 15) is 4.79 Å². The molecule has 0 aliphatic carbocycles. The smallest absolute Gasteiger partial charge is 0.225 e. The molecule has 0 saturated heterocycles. The van der Waals surface area contributed by atoms with E-state index in [1.54, 1.807) is 0 Å². The van der Waals surface area contributed by atoms with E-state index >= 15 is 0 Å². The highest BCUT2D eigenvalue weighted by Gasteiger charge is 2.20. The van der Waals surface area contributed by atoms with Crippen molar-refractivity contribution in [2.75, 3.05) is 26.7 Å². The van der Waals surface area contributed by atoms with Crippen LogP contribution in [0.4, 0.5) is 0 Å². The lowest BCUT2D eigenvalue weighted by atomic mass is 9.96. The molecule has 0 unspecified atom stereocenters. The summed E-state index contributed by atoms with van der Waals surface area (Å²) in [6.07, 6.45) is 8.24. The number of likely N-dealkylation sites (N-methyl/N-ethyl adjacent to an activating group) is 1. The Balaban J connectivity index is 3.55. The molecule has 0 radical (unpaired) electrons. The Morgan fingerprint density at radius 3 is 2.47 bits per heavy atom. The van der Waals surface area contributed by atoms with Crippen LogP contribution < -0.4 is 5.32 Å². The van der Waals surface area contributed by atoms with Crippen molar-refractivity contribution in [1.29, 1.82) is 0 Å². The molecule has 3 nitrogen and oxygen atoms in total. The largest absolute Gasteiger partial charge is 0.354 e. The molecule has 0 rings (SSSR count). The molecule has 0 heterocycles. The van der Waals surface area contributed by atoms with Gasteiger partial charge in [-0.05, 0) is 26.4 Å². The SMILES string of the molecule is C#CCCCCN(C)CCNC(=O)C(C)(C)C. The molecule has 0 aliphatic rings. The number of carbonyl (C=O) groups excluding carboxylic acids is 1. The Hall–Kier alpha value is -1.01. The van der Waals surface area contributed by atoms with Gasteiger partial charge in [0.2, 0.25) is 5.91 Å². The fourth-order valence-corrected chi connectivity index (χ4v) is 1.35. The maximum Gasteiger partial charge on any atom is 0.225 e. The van der Waals surface area contributed by atoms with Crippen LogP contribution in [0.2, 0.25) is 0 Å². The predicted octanol–water partition coefficient (Wildman–Crippen LogP) is 1.88. The van der Waals surface area contributed by atoms with E-state index in [2.05, 4.69) is 23.2 Å². The van der Waals surface area contributed by atoms with Crippen LogP contribution in [0.5, 0.6) is 0 Å². The summed E-state index contributed by atoms with van der Waals surface area (Å²) in [4.78, 5) is 13.8. The number of terminal acetylenes is 1. The van der Waals surface area contributed by atoms with Crippen LogP contribution in [0.25, 0.3) is 0 Å². The van der Waals surface area contributed by atoms with Gasteiger partial charge in [-0.15, -0.1) is 12.3 Å². The maximum atomic E-state index is 11.6. The zero-order chi connectivity index (χ0) is 13.3. The monoisotopic (exact) mass is 238 g/mol. The minimum atomic E-state index is -0.300. The molecule has 0 aromatic rings. The first kappa shape index (κ1) is 16.0. The van der Waals surface area contributed by atoms with Crippen molar-refractivity contribution >= 4 is 5.91 Å². The molecule has 0 aromatic heterocycles. The minimum Gasteiger partial charge on any atom is -0.354 e. The second-order valence-corrected chi connectivity index (χ2v) is 5.47. The van der Waals surface area contributed by atoms with Crippen molar-refractivity contribution in [2.24, 2.45) is 5.41 Å². The molecular weight excluding hydrogens is 212 g/mol. The standard InChI is InChI=1S/C14H26N2O/c1-6-7-8-9-11-16(5)12-10-15-13(17)14(2,3)4/h1H,7-12H2,2-5H3,(H,15,17). The van der Waals surface area contributed by atoms with Crippen LogP contribution in [0, 0.1) is 17.8 Å². The second kappa shape index (κ2) is 8.14. The Morgan fingerprint density at radius 2 is 1.94 bits per heavy atom. The average molecular weight is 238 g/mol. The summed E-state index contributed by atoms with van der Waals surface area (Å²) >= 11 is 0. The van der Waals surface area contributed by atoms with Crippen LogP contribution in [-0.2, 0) is 4.79 Å². The van der Waals surface area contributed by atoms with Crippen molar-refractivity contribution in [3.63, 3.8) is 0 Å². The second-order valence-electron chi connectivity index (χ2n) is 5.47. The topological polar surface area (TPSA) is 32.3 Å². The molecule has 98 valence electrons. The number of rotatable bonds is 7. The van der Waals surface area contributed by atoms with Gasteiger partial charge in [0.25, 0.3) is 0 Å². The first-order chi connectivity index (χ1) is 7.88. The van der Waals surface area contributed by atoms with E-state index in [1.807, 2.05) is 20.8 Å². The number of nitrogens with one attached hydrogen (secondary N) is 1. The summed E-state index contributed by atoms with van der Waals surface area (Å²) in [5.74, 6) is 2.75. The molecule has 3 heteroatoms. The highest BCUT2D eigenvalue weighted by molar-refractivity contribution is 5.81. The molecule has 0 spiro atoms. The molecule has 0 atom stereocenters. The summed E-state index contributed by atoms with van der Waals surface area (Å²) in [5.41, 5.74) is -0.300. The van der Waals surface area contributed by atoms with Gasteiger partial charge in [0.05, 0.1) is 0 Å². The van der Waals surface area contributed by atoms with E-state index in [4.69, 9.17) is 6.42 Å². The molecule has 0 aromatic carbocycles. The fraction of sp³-hybridized carbons (Fsp3) is 0.786. The molecule has 0 aliphatic heterocycles. The molecule has 0 bridgehead atoms. The van der Waals surface area contributed by atoms with E-state index in [1.165, 1.54) is 0 Å². The van der Waals surface area contributed by atoms with Gasteiger partial charge >= 0.3 is 0 Å². The molecule has 0 saturated carbocycles. The summed E-state index contributed by atoms with van der Waals surface area (Å²) in [6.45, 7) is 8.40. The molecule has 1 amide bonds. The average Bonchev–Trinajstić information content (AvgIpc) is 2.23. The van der Waals surface area contributed by atoms with Crippen LogP contribution in [0.15, 0.2) is 0 Å². The number of hydrogen-bond acceptors (Lipinski definition) is 2. The summed E-state index contributed by atoms with van der Waals surface area (Å²) in [5, 5.41) is 2.94. The van der Waals surface area contributed by atoms with Gasteiger partial charge < -0.3 is 10.2 Å². The maximum absolute atomic E-state index is 11.6. The molecule has 0 fully saturated rings. The van der Waals surface area contributed by atoms with E-state index in [0.717, 1.165) is 32.4 Å². The van der Waals surface area contributed by atoms with Crippen LogP contribution >= 0.6 is 0 Å². The van der Waals surface area contributed by atoms with Gasteiger partial charge in [-0.1, -0.05) is 20.8 Å². The Labute approximate surface area is 106 Å². The van der Waals surface area contributed by atoms with Crippen molar-refractivity contribution in [3.05, 3.63) is 0 Å². The third-order valence-electron chi connectivity index (χ3n) is 2.57. The van der Waals surface area contributed by atoms with Gasteiger partial charge in [-0.2, -0.15) is 0 Å². The number of unbranched alkanes of at least 4 members (excludes halogenated alkanes) is 2. The van der Waals surface area contributed by atoms with Crippen LogP contribution in [0.1, 0.15) is 40.0 Å². The van der Waals surface area contributed by atoms with E-state index in [-0.39, 0.29) is 11.3 Å². The van der Waals surface area contributed by atoms with E-state index in [0.29, 0.717) is 6.54 Å². The van der Waals surface area contributed by atoms with Gasteiger partial charge in [0.1, 0.15) is 0 Å². The predicted molar refractivity (Wildman–Crippen MR) is 72.6 cm³/mol. The summed E-state index contributed by atoms with van der Waals surface area (Å²) in [6, 6.07) is 0. The van der Waals surface area contributed by atoms with Crippen molar-refractivity contribution in [3.8, 4) is 12.3 Å². The van der Waals surface area contributed by atoms with Gasteiger partial charge in [-0.25, -0.2) is 0 Å². The van der Waals surface area contributed by atoms with Gasteiger partial charge in [-0.3, -0.25) is 4.79 Å². The fourth-order valence-electron chi connectivity index (χ4n) is 1.35. The molecular formula is C14H26N2O. The zero-order valence-corrected chi connectivity index (χ0v) is 11.7. The van der Waals surface area contributed by atoms with E-state index < -0.39 is 0 Å². The van der Waals surface area contributed by atoms with Crippen LogP contribution in [-0.4, -0.2) is 37.5 Å². The lowest BCUT2D eigenvalue weighted by Gasteiger charge is -2.20. The van der Waals surface area contributed by atoms with Crippen LogP contribution in [0.3, 0.4) is 0 Å². The van der Waals surface area contributed by atoms with Gasteiger partial charge in [0, 0.05) is 24.9 Å². The number of nitrogens with zero attached hydrogens (tertiary/aromatic N) is 1. The normalized spacial score (nSPS) is 11.3. The summed E-state index contributed by atoms with van der Waals surface area (Å²) in [7, 11) is 2.07. The number of amides is 1. The third kappa shape index (κ3) is 8.76. The van der Waals surface area contributed by atoms with Gasteiger partial charge in [0.15, 0.2) is 0 Å². The quantitative estimate of drug-likeness (QED) is 0.542. The van der Waals surface area contributed by atoms with Crippen molar-refractivity contribution in [1.82, 2.24) is 10.2 Å². The van der Waals surface area contributed by atoms with Crippen molar-refractivity contribution < 1.29 is 4.79 Å². The number of carbonyl (C=O) groups is 1. The Bertz CT molecular complexity index is 260.